The van der Waals surface area contributed by atoms with Crippen LogP contribution in [0.3, 0.4) is 0 Å². The molecule has 0 saturated heterocycles. The Labute approximate surface area is 103 Å². The molecular formula is C14H20O3. The molecule has 0 saturated carbocycles. The second-order valence-corrected chi connectivity index (χ2v) is 3.96. The molecule has 0 aromatic heterocycles. The molecule has 94 valence electrons. The van der Waals surface area contributed by atoms with Gasteiger partial charge in [-0.1, -0.05) is 13.3 Å². The summed E-state index contributed by atoms with van der Waals surface area (Å²) in [6.45, 7) is 4.53. The molecule has 1 unspecified atom stereocenters. The quantitative estimate of drug-likeness (QED) is 0.539. The molecule has 0 spiro atoms. The van der Waals surface area contributed by atoms with Crippen LogP contribution in [0.15, 0.2) is 24.3 Å². The van der Waals surface area contributed by atoms with E-state index in [9.17, 15) is 4.79 Å². The third-order valence-electron chi connectivity index (χ3n) is 2.61. The van der Waals surface area contributed by atoms with Crippen LogP contribution < -0.4 is 4.74 Å². The van der Waals surface area contributed by atoms with E-state index in [1.807, 2.05) is 0 Å². The maximum absolute atomic E-state index is 12.0. The number of ketones is 1. The van der Waals surface area contributed by atoms with Gasteiger partial charge in [-0.05, 0) is 37.6 Å². The fraction of sp³-hybridized carbons (Fsp3) is 0.500. The fourth-order valence-electron chi connectivity index (χ4n) is 1.47. The number of ether oxygens (including phenoxy) is 2. The van der Waals surface area contributed by atoms with Crippen LogP contribution >= 0.6 is 0 Å². The van der Waals surface area contributed by atoms with Crippen molar-refractivity contribution in [2.24, 2.45) is 0 Å². The number of rotatable bonds is 7. The van der Waals surface area contributed by atoms with Gasteiger partial charge in [0.2, 0.25) is 0 Å². The number of unbranched alkanes of at least 4 members (excludes halogenated alkanes) is 1. The Morgan fingerprint density at radius 2 is 1.94 bits per heavy atom. The summed E-state index contributed by atoms with van der Waals surface area (Å²) in [4.78, 5) is 12.0. The molecule has 1 atom stereocenters. The molecule has 0 heterocycles. The van der Waals surface area contributed by atoms with Crippen LogP contribution in [0.25, 0.3) is 0 Å². The number of benzene rings is 1. The average molecular weight is 236 g/mol. The van der Waals surface area contributed by atoms with Gasteiger partial charge in [0, 0.05) is 12.2 Å². The first-order valence-corrected chi connectivity index (χ1v) is 5.99. The summed E-state index contributed by atoms with van der Waals surface area (Å²) in [6.07, 6.45) is 1.68. The predicted molar refractivity (Wildman–Crippen MR) is 67.6 cm³/mol. The largest absolute Gasteiger partial charge is 0.497 e. The van der Waals surface area contributed by atoms with Crippen LogP contribution in [-0.4, -0.2) is 25.6 Å². The van der Waals surface area contributed by atoms with Gasteiger partial charge < -0.3 is 9.47 Å². The van der Waals surface area contributed by atoms with Crippen LogP contribution in [0.4, 0.5) is 0 Å². The summed E-state index contributed by atoms with van der Waals surface area (Å²) in [5.74, 6) is 0.768. The number of hydrogen-bond donors (Lipinski definition) is 0. The van der Waals surface area contributed by atoms with Crippen molar-refractivity contribution in [3.8, 4) is 5.75 Å². The second kappa shape index (κ2) is 7.07. The monoisotopic (exact) mass is 236 g/mol. The van der Waals surface area contributed by atoms with E-state index in [2.05, 4.69) is 6.92 Å². The van der Waals surface area contributed by atoms with Crippen molar-refractivity contribution in [2.75, 3.05) is 13.7 Å². The first kappa shape index (κ1) is 13.7. The minimum Gasteiger partial charge on any atom is -0.497 e. The highest BCUT2D eigenvalue weighted by Gasteiger charge is 2.15. The first-order chi connectivity index (χ1) is 8.19. The van der Waals surface area contributed by atoms with Crippen molar-refractivity contribution in [2.45, 2.75) is 32.8 Å². The smallest absolute Gasteiger partial charge is 0.191 e. The van der Waals surface area contributed by atoms with E-state index in [1.54, 1.807) is 38.3 Å². The highest BCUT2D eigenvalue weighted by atomic mass is 16.5. The van der Waals surface area contributed by atoms with Crippen molar-refractivity contribution < 1.29 is 14.3 Å². The van der Waals surface area contributed by atoms with Crippen molar-refractivity contribution in [3.05, 3.63) is 29.8 Å². The summed E-state index contributed by atoms with van der Waals surface area (Å²) in [6, 6.07) is 7.10. The van der Waals surface area contributed by atoms with Gasteiger partial charge in [0.15, 0.2) is 5.78 Å². The van der Waals surface area contributed by atoms with E-state index in [0.29, 0.717) is 12.2 Å². The van der Waals surface area contributed by atoms with E-state index in [4.69, 9.17) is 9.47 Å². The van der Waals surface area contributed by atoms with Crippen LogP contribution in [0.5, 0.6) is 5.75 Å². The van der Waals surface area contributed by atoms with Gasteiger partial charge in [-0.3, -0.25) is 4.79 Å². The predicted octanol–water partition coefficient (Wildman–Crippen LogP) is 3.08. The van der Waals surface area contributed by atoms with Crippen LogP contribution in [-0.2, 0) is 4.74 Å². The molecule has 0 N–H and O–H groups in total. The Hall–Kier alpha value is -1.35. The van der Waals surface area contributed by atoms with Crippen molar-refractivity contribution >= 4 is 5.78 Å². The molecule has 1 aromatic carbocycles. The third kappa shape index (κ3) is 4.19. The zero-order chi connectivity index (χ0) is 12.7. The van der Waals surface area contributed by atoms with Gasteiger partial charge in [-0.25, -0.2) is 0 Å². The minimum atomic E-state index is -0.380. The Morgan fingerprint density at radius 1 is 1.29 bits per heavy atom. The molecule has 1 rings (SSSR count). The van der Waals surface area contributed by atoms with Gasteiger partial charge >= 0.3 is 0 Å². The molecule has 3 heteroatoms. The molecule has 0 fully saturated rings. The second-order valence-electron chi connectivity index (χ2n) is 3.96. The van der Waals surface area contributed by atoms with Gasteiger partial charge in [-0.15, -0.1) is 0 Å². The highest BCUT2D eigenvalue weighted by Crippen LogP contribution is 2.13. The molecular weight excluding hydrogens is 216 g/mol. The minimum absolute atomic E-state index is 0.0174. The van der Waals surface area contributed by atoms with Gasteiger partial charge in [0.25, 0.3) is 0 Å². The lowest BCUT2D eigenvalue weighted by Gasteiger charge is -2.12. The lowest BCUT2D eigenvalue weighted by molar-refractivity contribution is 0.0468. The highest BCUT2D eigenvalue weighted by molar-refractivity contribution is 5.99. The summed E-state index contributed by atoms with van der Waals surface area (Å²) in [5, 5.41) is 0. The summed E-state index contributed by atoms with van der Waals surface area (Å²) in [5.41, 5.74) is 0.662. The zero-order valence-corrected chi connectivity index (χ0v) is 10.7. The third-order valence-corrected chi connectivity index (χ3v) is 2.61. The fourth-order valence-corrected chi connectivity index (χ4v) is 1.47. The number of hydrogen-bond acceptors (Lipinski definition) is 3. The molecule has 17 heavy (non-hydrogen) atoms. The lowest BCUT2D eigenvalue weighted by atomic mass is 10.1. The van der Waals surface area contributed by atoms with Crippen molar-refractivity contribution in [1.29, 1.82) is 0 Å². The number of carbonyl (C=O) groups is 1. The van der Waals surface area contributed by atoms with Gasteiger partial charge in [-0.2, -0.15) is 0 Å². The molecule has 0 bridgehead atoms. The van der Waals surface area contributed by atoms with Gasteiger partial charge in [0.1, 0.15) is 11.9 Å². The molecule has 0 amide bonds. The average Bonchev–Trinajstić information content (AvgIpc) is 2.38. The van der Waals surface area contributed by atoms with Crippen LogP contribution in [0, 0.1) is 0 Å². The van der Waals surface area contributed by atoms with E-state index in [-0.39, 0.29) is 11.9 Å². The normalized spacial score (nSPS) is 12.2. The molecule has 1 aromatic rings. The van der Waals surface area contributed by atoms with Crippen LogP contribution in [0.2, 0.25) is 0 Å². The van der Waals surface area contributed by atoms with Crippen LogP contribution in [0.1, 0.15) is 37.0 Å². The molecule has 0 aliphatic heterocycles. The summed E-state index contributed by atoms with van der Waals surface area (Å²) in [7, 11) is 1.60. The Balaban J connectivity index is 2.55. The lowest BCUT2D eigenvalue weighted by Crippen LogP contribution is -2.21. The number of methoxy groups -OCH3 is 1. The Bertz CT molecular complexity index is 343. The molecule has 3 nitrogen and oxygen atoms in total. The van der Waals surface area contributed by atoms with E-state index < -0.39 is 0 Å². The number of carbonyl (C=O) groups excluding carboxylic acids is 1. The van der Waals surface area contributed by atoms with Gasteiger partial charge in [0.05, 0.1) is 7.11 Å². The zero-order valence-electron chi connectivity index (χ0n) is 10.7. The maximum Gasteiger partial charge on any atom is 0.191 e. The van der Waals surface area contributed by atoms with Crippen molar-refractivity contribution in [1.82, 2.24) is 0 Å². The van der Waals surface area contributed by atoms with E-state index in [0.717, 1.165) is 18.6 Å². The Kier molecular flexibility index (Phi) is 5.70. The topological polar surface area (TPSA) is 35.5 Å². The summed E-state index contributed by atoms with van der Waals surface area (Å²) >= 11 is 0. The molecule has 0 aliphatic carbocycles. The van der Waals surface area contributed by atoms with E-state index in [1.165, 1.54) is 0 Å². The maximum atomic E-state index is 12.0. The Morgan fingerprint density at radius 3 is 2.47 bits per heavy atom. The molecule has 0 radical (unpaired) electrons. The SMILES string of the molecule is CCCCOC(C)C(=O)c1ccc(OC)cc1. The standard InChI is InChI=1S/C14H20O3/c1-4-5-10-17-11(2)14(15)12-6-8-13(16-3)9-7-12/h6-9,11H,4-5,10H2,1-3H3. The number of Topliss-reactive ketones (excluding diaryl/α,β-unsaturated/α-hetero) is 1. The van der Waals surface area contributed by atoms with E-state index >= 15 is 0 Å². The molecule has 0 aliphatic rings. The summed E-state index contributed by atoms with van der Waals surface area (Å²) < 4.78 is 10.5. The first-order valence-electron chi connectivity index (χ1n) is 5.99. The van der Waals surface area contributed by atoms with Crippen molar-refractivity contribution in [3.63, 3.8) is 0 Å².